The van der Waals surface area contributed by atoms with Gasteiger partial charge >= 0.3 is 0 Å². The minimum absolute atomic E-state index is 0.0412. The average Bonchev–Trinajstić information content (AvgIpc) is 2.75. The molecule has 0 aliphatic rings. The quantitative estimate of drug-likeness (QED) is 0.440. The molecular weight excluding hydrogens is 416 g/mol. The molecule has 0 radical (unpaired) electrons. The number of hydrogen-bond acceptors (Lipinski definition) is 7. The molecule has 3 heterocycles. The maximum Gasteiger partial charge on any atom is 0.263 e. The van der Waals surface area contributed by atoms with Gasteiger partial charge in [-0.05, 0) is 47.9 Å². The third-order valence-corrected chi connectivity index (χ3v) is 4.91. The summed E-state index contributed by atoms with van der Waals surface area (Å²) in [5.74, 6) is -0.934. The topological polar surface area (TPSA) is 135 Å². The number of aromatic nitrogens is 3. The summed E-state index contributed by atoms with van der Waals surface area (Å²) in [6.45, 7) is 0.273. The van der Waals surface area contributed by atoms with E-state index in [1.54, 1.807) is 6.07 Å². The van der Waals surface area contributed by atoms with E-state index in [2.05, 4.69) is 15.3 Å². The molecule has 0 atom stereocenters. The van der Waals surface area contributed by atoms with Gasteiger partial charge in [0.25, 0.3) is 5.56 Å². The summed E-state index contributed by atoms with van der Waals surface area (Å²) in [5.41, 5.74) is 12.9. The molecule has 0 saturated heterocycles. The fourth-order valence-corrected chi connectivity index (χ4v) is 3.46. The molecule has 8 nitrogen and oxygen atoms in total. The SMILES string of the molecule is N#Cc1c(N)nc(N)nc1NCCc1cc2ccc(F)cn2c(=O)c1-c1ccc(F)cc1. The van der Waals surface area contributed by atoms with E-state index in [1.165, 1.54) is 40.8 Å². The highest BCUT2D eigenvalue weighted by molar-refractivity contribution is 5.70. The molecule has 160 valence electrons. The van der Waals surface area contributed by atoms with Crippen LogP contribution in [0.4, 0.5) is 26.4 Å². The number of benzene rings is 1. The van der Waals surface area contributed by atoms with E-state index in [0.29, 0.717) is 28.6 Å². The average molecular weight is 433 g/mol. The van der Waals surface area contributed by atoms with Crippen LogP contribution in [-0.2, 0) is 6.42 Å². The number of anilines is 3. The third kappa shape index (κ3) is 3.91. The van der Waals surface area contributed by atoms with Crippen molar-refractivity contribution in [3.8, 4) is 17.2 Å². The summed E-state index contributed by atoms with van der Waals surface area (Å²) in [6, 6.07) is 11.9. The highest BCUT2D eigenvalue weighted by Crippen LogP contribution is 2.24. The van der Waals surface area contributed by atoms with E-state index in [-0.39, 0.29) is 29.7 Å². The van der Waals surface area contributed by atoms with Gasteiger partial charge in [0, 0.05) is 18.3 Å². The minimum atomic E-state index is -0.554. The predicted octanol–water partition coefficient (Wildman–Crippen LogP) is 2.73. The van der Waals surface area contributed by atoms with E-state index in [4.69, 9.17) is 11.5 Å². The maximum atomic E-state index is 13.8. The zero-order valence-electron chi connectivity index (χ0n) is 16.6. The van der Waals surface area contributed by atoms with Gasteiger partial charge in [0.15, 0.2) is 5.82 Å². The molecule has 0 spiro atoms. The zero-order chi connectivity index (χ0) is 22.8. The van der Waals surface area contributed by atoms with Gasteiger partial charge in [-0.1, -0.05) is 12.1 Å². The second-order valence-electron chi connectivity index (χ2n) is 6.98. The van der Waals surface area contributed by atoms with Gasteiger partial charge in [0.2, 0.25) is 5.95 Å². The fourth-order valence-electron chi connectivity index (χ4n) is 3.46. The van der Waals surface area contributed by atoms with Gasteiger partial charge in [0.05, 0.1) is 5.56 Å². The standard InChI is InChI=1S/C22H17F2N7O/c23-14-3-1-12(2-4-14)18-13(9-16-6-5-15(24)11-31(16)21(18)32)7-8-28-20-17(10-25)19(26)29-22(27)30-20/h1-6,9,11H,7-8H2,(H5,26,27,28,29,30). The number of nitrogens with zero attached hydrogens (tertiary/aromatic N) is 4. The van der Waals surface area contributed by atoms with Crippen molar-refractivity contribution in [3.05, 3.63) is 81.8 Å². The Labute approximate surface area is 180 Å². The minimum Gasteiger partial charge on any atom is -0.382 e. The Balaban J connectivity index is 1.74. The smallest absolute Gasteiger partial charge is 0.263 e. The highest BCUT2D eigenvalue weighted by atomic mass is 19.1. The second-order valence-corrected chi connectivity index (χ2v) is 6.98. The van der Waals surface area contributed by atoms with Crippen molar-refractivity contribution in [2.75, 3.05) is 23.3 Å². The van der Waals surface area contributed by atoms with Crippen LogP contribution in [0, 0.1) is 23.0 Å². The van der Waals surface area contributed by atoms with Gasteiger partial charge in [-0.25, -0.2) is 8.78 Å². The Bertz CT molecular complexity index is 1430. The van der Waals surface area contributed by atoms with E-state index in [1.807, 2.05) is 6.07 Å². The second kappa shape index (κ2) is 8.31. The summed E-state index contributed by atoms with van der Waals surface area (Å²) in [4.78, 5) is 21.0. The van der Waals surface area contributed by atoms with Crippen molar-refractivity contribution >= 4 is 23.1 Å². The lowest BCUT2D eigenvalue weighted by Gasteiger charge is -2.14. The van der Waals surface area contributed by atoms with Crippen LogP contribution in [0.25, 0.3) is 16.6 Å². The lowest BCUT2D eigenvalue weighted by molar-refractivity contribution is 0.618. The molecule has 0 unspecified atom stereocenters. The molecule has 3 aromatic heterocycles. The van der Waals surface area contributed by atoms with Crippen molar-refractivity contribution < 1.29 is 8.78 Å². The van der Waals surface area contributed by atoms with E-state index in [9.17, 15) is 18.8 Å². The Morgan fingerprint density at radius 3 is 2.50 bits per heavy atom. The number of rotatable bonds is 5. The normalized spacial score (nSPS) is 10.8. The molecule has 32 heavy (non-hydrogen) atoms. The van der Waals surface area contributed by atoms with Crippen LogP contribution in [0.15, 0.2) is 53.5 Å². The summed E-state index contributed by atoms with van der Waals surface area (Å²) in [6.07, 6.45) is 1.45. The van der Waals surface area contributed by atoms with Crippen molar-refractivity contribution in [2.45, 2.75) is 6.42 Å². The van der Waals surface area contributed by atoms with Crippen LogP contribution >= 0.6 is 0 Å². The van der Waals surface area contributed by atoms with Gasteiger partial charge in [0.1, 0.15) is 29.1 Å². The first-order valence-corrected chi connectivity index (χ1v) is 9.54. The number of halogens is 2. The van der Waals surface area contributed by atoms with E-state index < -0.39 is 17.2 Å². The Hall–Kier alpha value is -4.52. The largest absolute Gasteiger partial charge is 0.382 e. The molecule has 0 bridgehead atoms. The van der Waals surface area contributed by atoms with Crippen molar-refractivity contribution in [3.63, 3.8) is 0 Å². The fraction of sp³-hybridized carbons (Fsp3) is 0.0909. The van der Waals surface area contributed by atoms with Crippen LogP contribution in [0.5, 0.6) is 0 Å². The van der Waals surface area contributed by atoms with E-state index >= 15 is 0 Å². The van der Waals surface area contributed by atoms with Crippen LogP contribution < -0.4 is 22.3 Å². The molecular formula is C22H17F2N7O. The number of nitriles is 1. The zero-order valence-corrected chi connectivity index (χ0v) is 16.6. The first-order valence-electron chi connectivity index (χ1n) is 9.54. The summed E-state index contributed by atoms with van der Waals surface area (Å²) >= 11 is 0. The lowest BCUT2D eigenvalue weighted by atomic mass is 9.98. The molecule has 5 N–H and O–H groups in total. The van der Waals surface area contributed by atoms with Gasteiger partial charge in [-0.15, -0.1) is 0 Å². The number of nitrogens with one attached hydrogen (secondary N) is 1. The monoisotopic (exact) mass is 433 g/mol. The number of fused-ring (bicyclic) bond motifs is 1. The van der Waals surface area contributed by atoms with Gasteiger partial charge < -0.3 is 16.8 Å². The summed E-state index contributed by atoms with van der Waals surface area (Å²) < 4.78 is 28.4. The number of hydrogen-bond donors (Lipinski definition) is 3. The Kier molecular flexibility index (Phi) is 5.39. The Morgan fingerprint density at radius 1 is 1.06 bits per heavy atom. The third-order valence-electron chi connectivity index (χ3n) is 4.91. The summed E-state index contributed by atoms with van der Waals surface area (Å²) in [5, 5.41) is 12.3. The molecule has 0 aliphatic heterocycles. The van der Waals surface area contributed by atoms with Crippen LogP contribution in [0.2, 0.25) is 0 Å². The Morgan fingerprint density at radius 2 is 1.78 bits per heavy atom. The van der Waals surface area contributed by atoms with Gasteiger partial charge in [-0.2, -0.15) is 15.2 Å². The molecule has 4 aromatic rings. The number of pyridine rings is 2. The van der Waals surface area contributed by atoms with Crippen LogP contribution in [0.1, 0.15) is 11.1 Å². The molecule has 0 saturated carbocycles. The number of nitrogens with two attached hydrogens (primary N) is 2. The van der Waals surface area contributed by atoms with Crippen molar-refractivity contribution in [2.24, 2.45) is 0 Å². The molecule has 0 amide bonds. The molecule has 10 heteroatoms. The van der Waals surface area contributed by atoms with Gasteiger partial charge in [-0.3, -0.25) is 9.20 Å². The molecule has 1 aromatic carbocycles. The highest BCUT2D eigenvalue weighted by Gasteiger charge is 2.15. The first kappa shape index (κ1) is 20.7. The van der Waals surface area contributed by atoms with Crippen LogP contribution in [0.3, 0.4) is 0 Å². The summed E-state index contributed by atoms with van der Waals surface area (Å²) in [7, 11) is 0. The maximum absolute atomic E-state index is 13.8. The van der Waals surface area contributed by atoms with Crippen molar-refractivity contribution in [1.82, 2.24) is 14.4 Å². The van der Waals surface area contributed by atoms with Crippen LogP contribution in [-0.4, -0.2) is 20.9 Å². The lowest BCUT2D eigenvalue weighted by Crippen LogP contribution is -2.20. The molecule has 4 rings (SSSR count). The first-order chi connectivity index (χ1) is 15.4. The van der Waals surface area contributed by atoms with E-state index in [0.717, 1.165) is 6.20 Å². The number of nitrogen functional groups attached to an aromatic ring is 2. The molecule has 0 aliphatic carbocycles. The molecule has 0 fully saturated rings. The predicted molar refractivity (Wildman–Crippen MR) is 117 cm³/mol. The van der Waals surface area contributed by atoms with Crippen molar-refractivity contribution in [1.29, 1.82) is 5.26 Å².